The van der Waals surface area contributed by atoms with Gasteiger partial charge in [-0.15, -0.1) is 0 Å². The van der Waals surface area contributed by atoms with Crippen LogP contribution >= 0.6 is 0 Å². The van der Waals surface area contributed by atoms with Crippen LogP contribution in [0.4, 0.5) is 13.2 Å². The molecule has 0 aliphatic carbocycles. The van der Waals surface area contributed by atoms with Gasteiger partial charge in [-0.2, -0.15) is 13.2 Å². The number of aromatic nitrogens is 2. The number of ether oxygens (including phenoxy) is 1. The Kier molecular flexibility index (Phi) is 5.44. The lowest BCUT2D eigenvalue weighted by Crippen LogP contribution is -2.22. The first-order chi connectivity index (χ1) is 15.3. The van der Waals surface area contributed by atoms with E-state index in [1.54, 1.807) is 42.5 Å². The number of phenolic OH excluding ortho intramolecular Hbond substituents is 1. The van der Waals surface area contributed by atoms with Crippen LogP contribution in [0, 0.1) is 0 Å². The maximum Gasteiger partial charge on any atom is 0.416 e. The molecule has 1 heterocycles. The smallest absolute Gasteiger partial charge is 0.416 e. The second-order valence-corrected chi connectivity index (χ2v) is 6.91. The Morgan fingerprint density at radius 1 is 1.00 bits per heavy atom. The molecule has 32 heavy (non-hydrogen) atoms. The van der Waals surface area contributed by atoms with Crippen molar-refractivity contribution in [3.63, 3.8) is 0 Å². The molecule has 8 heteroatoms. The minimum atomic E-state index is -4.56. The minimum absolute atomic E-state index is 0.0255. The summed E-state index contributed by atoms with van der Waals surface area (Å²) in [5.74, 6) is 0.254. The molecule has 1 aromatic heterocycles. The highest BCUT2D eigenvalue weighted by atomic mass is 19.4. The molecule has 1 N–H and O–H groups in total. The largest absolute Gasteiger partial charge is 0.504 e. The molecule has 0 fully saturated rings. The zero-order chi connectivity index (χ0) is 22.9. The number of hydrogen-bond acceptors (Lipinski definition) is 4. The Morgan fingerprint density at radius 2 is 1.75 bits per heavy atom. The summed E-state index contributed by atoms with van der Waals surface area (Å²) >= 11 is 0. The number of aromatic hydroxyl groups is 1. The van der Waals surface area contributed by atoms with Crippen LogP contribution in [0.5, 0.6) is 11.5 Å². The Hall–Kier alpha value is -4.07. The van der Waals surface area contributed by atoms with Gasteiger partial charge >= 0.3 is 6.18 Å². The number of phenols is 1. The van der Waals surface area contributed by atoms with Crippen LogP contribution in [0.25, 0.3) is 28.7 Å². The Bertz CT molecular complexity index is 1390. The second-order valence-electron chi connectivity index (χ2n) is 6.91. The zero-order valence-electron chi connectivity index (χ0n) is 16.8. The first-order valence-electron chi connectivity index (χ1n) is 9.53. The zero-order valence-corrected chi connectivity index (χ0v) is 16.8. The number of fused-ring (bicyclic) bond motifs is 1. The van der Waals surface area contributed by atoms with Gasteiger partial charge in [0.1, 0.15) is 5.82 Å². The van der Waals surface area contributed by atoms with Crippen molar-refractivity contribution in [3.8, 4) is 17.2 Å². The highest BCUT2D eigenvalue weighted by Gasteiger charge is 2.30. The van der Waals surface area contributed by atoms with E-state index in [1.165, 1.54) is 31.4 Å². The van der Waals surface area contributed by atoms with Gasteiger partial charge in [0, 0.05) is 5.56 Å². The molecule has 4 aromatic rings. The van der Waals surface area contributed by atoms with Gasteiger partial charge in [0.15, 0.2) is 11.5 Å². The monoisotopic (exact) mass is 438 g/mol. The lowest BCUT2D eigenvalue weighted by molar-refractivity contribution is -0.137. The first-order valence-corrected chi connectivity index (χ1v) is 9.53. The van der Waals surface area contributed by atoms with Gasteiger partial charge in [0.2, 0.25) is 0 Å². The predicted molar refractivity (Wildman–Crippen MR) is 116 cm³/mol. The van der Waals surface area contributed by atoms with Crippen molar-refractivity contribution in [2.45, 2.75) is 6.18 Å². The molecule has 0 atom stereocenters. The fourth-order valence-corrected chi connectivity index (χ4v) is 3.34. The molecule has 0 amide bonds. The van der Waals surface area contributed by atoms with Gasteiger partial charge in [-0.25, -0.2) is 4.98 Å². The van der Waals surface area contributed by atoms with Gasteiger partial charge in [-0.1, -0.05) is 30.3 Å². The number of para-hydroxylation sites is 2. The van der Waals surface area contributed by atoms with Gasteiger partial charge in [-0.3, -0.25) is 9.36 Å². The van der Waals surface area contributed by atoms with Crippen LogP contribution in [0.3, 0.4) is 0 Å². The maximum absolute atomic E-state index is 13.3. The molecule has 0 unspecified atom stereocenters. The molecular weight excluding hydrogens is 421 g/mol. The third kappa shape index (κ3) is 3.94. The molecule has 4 rings (SSSR count). The molecule has 0 saturated carbocycles. The fraction of sp³-hybridized carbons (Fsp3) is 0.0833. The quantitative estimate of drug-likeness (QED) is 0.470. The molecule has 5 nitrogen and oxygen atoms in total. The first kappa shape index (κ1) is 21.2. The SMILES string of the molecule is COc1cccc(/C=C/c2nc3ccccc3c(=O)n2-c2cccc(C(F)(F)F)c2)c1O. The van der Waals surface area contributed by atoms with Crippen LogP contribution in [0.2, 0.25) is 0 Å². The summed E-state index contributed by atoms with van der Waals surface area (Å²) in [6, 6.07) is 16.0. The molecule has 0 bridgehead atoms. The van der Waals surface area contributed by atoms with Crippen LogP contribution in [0.1, 0.15) is 17.0 Å². The Morgan fingerprint density at radius 3 is 2.50 bits per heavy atom. The van der Waals surface area contributed by atoms with Crippen molar-refractivity contribution < 1.29 is 23.0 Å². The molecule has 0 radical (unpaired) electrons. The van der Waals surface area contributed by atoms with E-state index >= 15 is 0 Å². The standard InChI is InChI=1S/C24H17F3N2O3/c1-32-20-11-4-6-15(22(20)30)12-13-21-28-19-10-3-2-9-18(19)23(31)29(21)17-8-5-7-16(14-17)24(25,26)27/h2-14,30H,1H3/b13-12+. The molecular formula is C24H17F3N2O3. The lowest BCUT2D eigenvalue weighted by atomic mass is 10.1. The second kappa shape index (κ2) is 8.22. The van der Waals surface area contributed by atoms with Crippen molar-refractivity contribution in [2.24, 2.45) is 0 Å². The van der Waals surface area contributed by atoms with E-state index in [1.807, 2.05) is 0 Å². The number of benzene rings is 3. The highest BCUT2D eigenvalue weighted by molar-refractivity contribution is 5.80. The molecule has 0 spiro atoms. The van der Waals surface area contributed by atoms with Crippen molar-refractivity contribution in [1.82, 2.24) is 9.55 Å². The third-order valence-electron chi connectivity index (χ3n) is 4.90. The van der Waals surface area contributed by atoms with Gasteiger partial charge in [0.25, 0.3) is 5.56 Å². The fourth-order valence-electron chi connectivity index (χ4n) is 3.34. The molecule has 0 saturated heterocycles. The number of nitrogens with zero attached hydrogens (tertiary/aromatic N) is 2. The van der Waals surface area contributed by atoms with Crippen LogP contribution < -0.4 is 10.3 Å². The summed E-state index contributed by atoms with van der Waals surface area (Å²) in [5, 5.41) is 10.6. The predicted octanol–water partition coefficient (Wildman–Crippen LogP) is 5.29. The number of rotatable bonds is 4. The Balaban J connectivity index is 1.94. The minimum Gasteiger partial charge on any atom is -0.504 e. The van der Waals surface area contributed by atoms with E-state index in [0.717, 1.165) is 16.7 Å². The van der Waals surface area contributed by atoms with Gasteiger partial charge in [-0.05, 0) is 48.6 Å². The lowest BCUT2D eigenvalue weighted by Gasteiger charge is -2.14. The number of alkyl halides is 3. The van der Waals surface area contributed by atoms with Crippen molar-refractivity contribution in [1.29, 1.82) is 0 Å². The van der Waals surface area contributed by atoms with Crippen LogP contribution in [0.15, 0.2) is 71.5 Å². The summed E-state index contributed by atoms with van der Waals surface area (Å²) in [6.45, 7) is 0. The molecule has 0 aliphatic rings. The normalized spacial score (nSPS) is 11.9. The van der Waals surface area contributed by atoms with Gasteiger partial charge in [0.05, 0.1) is 29.3 Å². The summed E-state index contributed by atoms with van der Waals surface area (Å²) in [5.41, 5.74) is -0.574. The van der Waals surface area contributed by atoms with Crippen molar-refractivity contribution in [2.75, 3.05) is 7.11 Å². The number of halogens is 3. The van der Waals surface area contributed by atoms with Crippen LogP contribution in [-0.2, 0) is 6.18 Å². The van der Waals surface area contributed by atoms with Crippen LogP contribution in [-0.4, -0.2) is 21.8 Å². The molecule has 0 aliphatic heterocycles. The topological polar surface area (TPSA) is 64.3 Å². The van der Waals surface area contributed by atoms with Crippen molar-refractivity contribution in [3.05, 3.63) is 94.0 Å². The van der Waals surface area contributed by atoms with E-state index in [-0.39, 0.29) is 28.4 Å². The molecule has 3 aromatic carbocycles. The average Bonchev–Trinajstić information content (AvgIpc) is 2.78. The number of methoxy groups -OCH3 is 1. The summed E-state index contributed by atoms with van der Waals surface area (Å²) in [6.07, 6.45) is -1.59. The highest BCUT2D eigenvalue weighted by Crippen LogP contribution is 2.32. The summed E-state index contributed by atoms with van der Waals surface area (Å²) in [4.78, 5) is 17.7. The van der Waals surface area contributed by atoms with E-state index in [9.17, 15) is 23.1 Å². The van der Waals surface area contributed by atoms with E-state index < -0.39 is 17.3 Å². The average molecular weight is 438 g/mol. The number of hydrogen-bond donors (Lipinski definition) is 1. The Labute approximate surface area is 180 Å². The van der Waals surface area contributed by atoms with E-state index in [0.29, 0.717) is 11.1 Å². The van der Waals surface area contributed by atoms with E-state index in [4.69, 9.17) is 4.74 Å². The molecule has 162 valence electrons. The van der Waals surface area contributed by atoms with Gasteiger partial charge < -0.3 is 9.84 Å². The maximum atomic E-state index is 13.3. The third-order valence-corrected chi connectivity index (χ3v) is 4.90. The van der Waals surface area contributed by atoms with E-state index in [2.05, 4.69) is 4.98 Å². The van der Waals surface area contributed by atoms with Crippen molar-refractivity contribution >= 4 is 23.1 Å². The summed E-state index contributed by atoms with van der Waals surface area (Å²) < 4.78 is 46.0. The summed E-state index contributed by atoms with van der Waals surface area (Å²) in [7, 11) is 1.42.